The van der Waals surface area contributed by atoms with Gasteiger partial charge in [0.05, 0.1) is 0 Å². The largest absolute Gasteiger partial charge is 0.355 e. The molecule has 4 heteroatoms. The minimum atomic E-state index is 0.518. The van der Waals surface area contributed by atoms with Crippen LogP contribution in [-0.4, -0.2) is 49.6 Å². The molecule has 0 radical (unpaired) electrons. The van der Waals surface area contributed by atoms with Crippen molar-refractivity contribution in [3.63, 3.8) is 0 Å². The number of nitrogens with one attached hydrogen (secondary N) is 2. The third kappa shape index (κ3) is 4.73. The summed E-state index contributed by atoms with van der Waals surface area (Å²) in [5, 5.41) is 7.14. The maximum absolute atomic E-state index is 4.41. The number of aliphatic imine (C=N–C) groups is 1. The first-order chi connectivity index (χ1) is 10.8. The molecule has 2 N–H and O–H groups in total. The van der Waals surface area contributed by atoms with E-state index in [1.165, 1.54) is 38.8 Å². The molecule has 4 nitrogen and oxygen atoms in total. The molecule has 1 aliphatic carbocycles. The zero-order valence-corrected chi connectivity index (χ0v) is 14.6. The fourth-order valence-electron chi connectivity index (χ4n) is 3.82. The monoisotopic (exact) mass is 306 g/mol. The van der Waals surface area contributed by atoms with Crippen LogP contribution >= 0.6 is 0 Å². The average Bonchev–Trinajstić information content (AvgIpc) is 3.23. The molecule has 2 aliphatic rings. The van der Waals surface area contributed by atoms with Gasteiger partial charge in [-0.3, -0.25) is 9.89 Å². The van der Waals surface area contributed by atoms with E-state index in [-0.39, 0.29) is 0 Å². The smallest absolute Gasteiger partial charge is 0.191 e. The van der Waals surface area contributed by atoms with Gasteiger partial charge in [-0.15, -0.1) is 0 Å². The first-order valence-corrected chi connectivity index (χ1v) is 9.14. The van der Waals surface area contributed by atoms with Gasteiger partial charge in [0.2, 0.25) is 0 Å². The standard InChI is InChI=1S/C18H34N4/c1-4-15(5-2)17(22-12-8-9-13-22)14-20-18(19-3)21-16-10-6-7-11-16/h6-7,15-17H,4-5,8-14H2,1-3H3,(H2,19,20,21). The van der Waals surface area contributed by atoms with E-state index in [9.17, 15) is 0 Å². The molecule has 1 fully saturated rings. The highest BCUT2D eigenvalue weighted by atomic mass is 15.2. The zero-order chi connectivity index (χ0) is 15.8. The van der Waals surface area contributed by atoms with Crippen molar-refractivity contribution in [2.45, 2.75) is 64.5 Å². The number of rotatable bonds is 7. The fraction of sp³-hybridized carbons (Fsp3) is 0.833. The summed E-state index contributed by atoms with van der Waals surface area (Å²) in [6.07, 6.45) is 12.0. The fourth-order valence-corrected chi connectivity index (χ4v) is 3.82. The van der Waals surface area contributed by atoms with Crippen LogP contribution in [0.3, 0.4) is 0 Å². The topological polar surface area (TPSA) is 39.7 Å². The van der Waals surface area contributed by atoms with E-state index >= 15 is 0 Å². The van der Waals surface area contributed by atoms with Gasteiger partial charge in [-0.25, -0.2) is 0 Å². The molecular formula is C18H34N4. The van der Waals surface area contributed by atoms with Gasteiger partial charge in [0.25, 0.3) is 0 Å². The van der Waals surface area contributed by atoms with Gasteiger partial charge in [0.15, 0.2) is 5.96 Å². The van der Waals surface area contributed by atoms with Gasteiger partial charge in [0.1, 0.15) is 0 Å². The Morgan fingerprint density at radius 3 is 2.36 bits per heavy atom. The van der Waals surface area contributed by atoms with Crippen molar-refractivity contribution in [3.05, 3.63) is 12.2 Å². The summed E-state index contributed by atoms with van der Waals surface area (Å²) >= 11 is 0. The highest BCUT2D eigenvalue weighted by Gasteiger charge is 2.27. The molecule has 0 aromatic carbocycles. The Hall–Kier alpha value is -1.03. The Bertz CT molecular complexity index is 357. The summed E-state index contributed by atoms with van der Waals surface area (Å²) < 4.78 is 0. The molecular weight excluding hydrogens is 272 g/mol. The lowest BCUT2D eigenvalue weighted by molar-refractivity contribution is 0.166. The minimum absolute atomic E-state index is 0.518. The van der Waals surface area contributed by atoms with E-state index in [2.05, 4.69) is 46.5 Å². The second kappa shape index (κ2) is 9.19. The van der Waals surface area contributed by atoms with Gasteiger partial charge in [-0.05, 0) is 44.7 Å². The predicted molar refractivity (Wildman–Crippen MR) is 95.3 cm³/mol. The molecule has 22 heavy (non-hydrogen) atoms. The molecule has 0 amide bonds. The highest BCUT2D eigenvalue weighted by molar-refractivity contribution is 5.80. The van der Waals surface area contributed by atoms with Crippen molar-refractivity contribution in [1.82, 2.24) is 15.5 Å². The predicted octanol–water partition coefficient (Wildman–Crippen LogP) is 2.77. The second-order valence-electron chi connectivity index (χ2n) is 6.62. The maximum atomic E-state index is 4.41. The Labute approximate surface area is 136 Å². The molecule has 0 spiro atoms. The van der Waals surface area contributed by atoms with Crippen LogP contribution < -0.4 is 10.6 Å². The highest BCUT2D eigenvalue weighted by Crippen LogP contribution is 2.22. The second-order valence-corrected chi connectivity index (χ2v) is 6.62. The molecule has 1 aliphatic heterocycles. The number of hydrogen-bond donors (Lipinski definition) is 2. The Balaban J connectivity index is 1.87. The number of guanidine groups is 1. The average molecular weight is 306 g/mol. The lowest BCUT2D eigenvalue weighted by Gasteiger charge is -2.34. The summed E-state index contributed by atoms with van der Waals surface area (Å²) in [6.45, 7) is 8.19. The van der Waals surface area contributed by atoms with Crippen LogP contribution in [0, 0.1) is 5.92 Å². The Kier molecular flexibility index (Phi) is 7.23. The summed E-state index contributed by atoms with van der Waals surface area (Å²) in [5.74, 6) is 1.74. The number of hydrogen-bond acceptors (Lipinski definition) is 2. The summed E-state index contributed by atoms with van der Waals surface area (Å²) in [4.78, 5) is 7.10. The number of likely N-dealkylation sites (tertiary alicyclic amines) is 1. The van der Waals surface area contributed by atoms with E-state index in [0.29, 0.717) is 12.1 Å². The normalized spacial score (nSPS) is 21.7. The SMILES string of the molecule is CCC(CC)C(CNC(=NC)NC1CC=CC1)N1CCCC1. The van der Waals surface area contributed by atoms with E-state index in [4.69, 9.17) is 0 Å². The van der Waals surface area contributed by atoms with E-state index in [0.717, 1.165) is 31.3 Å². The Morgan fingerprint density at radius 1 is 1.18 bits per heavy atom. The quantitative estimate of drug-likeness (QED) is 0.432. The van der Waals surface area contributed by atoms with Gasteiger partial charge >= 0.3 is 0 Å². The van der Waals surface area contributed by atoms with Gasteiger partial charge in [0, 0.05) is 25.7 Å². The van der Waals surface area contributed by atoms with Crippen molar-refractivity contribution in [2.75, 3.05) is 26.7 Å². The van der Waals surface area contributed by atoms with Crippen LogP contribution in [0.4, 0.5) is 0 Å². The zero-order valence-electron chi connectivity index (χ0n) is 14.6. The van der Waals surface area contributed by atoms with E-state index in [1.807, 2.05) is 7.05 Å². The van der Waals surface area contributed by atoms with Gasteiger partial charge < -0.3 is 10.6 Å². The molecule has 2 rings (SSSR count). The minimum Gasteiger partial charge on any atom is -0.355 e. The first kappa shape index (κ1) is 17.3. The lowest BCUT2D eigenvalue weighted by atomic mass is 9.93. The van der Waals surface area contributed by atoms with Crippen molar-refractivity contribution in [3.8, 4) is 0 Å². The third-order valence-electron chi connectivity index (χ3n) is 5.25. The summed E-state index contributed by atoms with van der Waals surface area (Å²) in [5.41, 5.74) is 0. The molecule has 1 unspecified atom stereocenters. The van der Waals surface area contributed by atoms with Gasteiger partial charge in [-0.1, -0.05) is 38.8 Å². The molecule has 0 aromatic rings. The van der Waals surface area contributed by atoms with Crippen LogP contribution in [0.25, 0.3) is 0 Å². The molecule has 126 valence electrons. The molecule has 1 atom stereocenters. The Morgan fingerprint density at radius 2 is 1.82 bits per heavy atom. The van der Waals surface area contributed by atoms with Crippen molar-refractivity contribution in [2.24, 2.45) is 10.9 Å². The summed E-state index contributed by atoms with van der Waals surface area (Å²) in [6, 6.07) is 1.15. The van der Waals surface area contributed by atoms with Crippen LogP contribution in [-0.2, 0) is 0 Å². The van der Waals surface area contributed by atoms with Crippen LogP contribution in [0.2, 0.25) is 0 Å². The van der Waals surface area contributed by atoms with E-state index < -0.39 is 0 Å². The third-order valence-corrected chi connectivity index (χ3v) is 5.25. The molecule has 1 heterocycles. The molecule has 1 saturated heterocycles. The number of nitrogens with zero attached hydrogens (tertiary/aromatic N) is 2. The molecule has 0 saturated carbocycles. The van der Waals surface area contributed by atoms with E-state index in [1.54, 1.807) is 0 Å². The van der Waals surface area contributed by atoms with Crippen LogP contribution in [0.15, 0.2) is 17.1 Å². The van der Waals surface area contributed by atoms with Crippen molar-refractivity contribution in [1.29, 1.82) is 0 Å². The maximum Gasteiger partial charge on any atom is 0.191 e. The van der Waals surface area contributed by atoms with Gasteiger partial charge in [-0.2, -0.15) is 0 Å². The first-order valence-electron chi connectivity index (χ1n) is 9.14. The van der Waals surface area contributed by atoms with Crippen molar-refractivity contribution >= 4 is 5.96 Å². The van der Waals surface area contributed by atoms with Crippen LogP contribution in [0.1, 0.15) is 52.4 Å². The molecule has 0 bridgehead atoms. The summed E-state index contributed by atoms with van der Waals surface area (Å²) in [7, 11) is 1.87. The van der Waals surface area contributed by atoms with Crippen molar-refractivity contribution < 1.29 is 0 Å². The lowest BCUT2D eigenvalue weighted by Crippen LogP contribution is -2.50. The van der Waals surface area contributed by atoms with Crippen LogP contribution in [0.5, 0.6) is 0 Å². The molecule has 0 aromatic heterocycles.